The molecule has 0 aliphatic carbocycles. The standard InChI is InChI=1S/C21H21N3O6/c1-26-17-7-12(8-18(27-2)20(17)28-3)15-10-16-14(5-4-6-22-16)21(23-15)29-11-13-9-19(25)24-30-13/h4-8,10,13H,9,11H2,1-3H3,(H,24,25)/t13-/m1/s1. The number of aromatic nitrogens is 2. The predicted octanol–water partition coefficient (Wildman–Crippen LogP) is 2.52. The van der Waals surface area contributed by atoms with Gasteiger partial charge in [-0.3, -0.25) is 14.6 Å². The average molecular weight is 411 g/mol. The number of nitrogens with one attached hydrogen (secondary N) is 1. The normalized spacial score (nSPS) is 15.7. The van der Waals surface area contributed by atoms with Gasteiger partial charge in [-0.05, 0) is 30.3 Å². The van der Waals surface area contributed by atoms with Gasteiger partial charge in [0.05, 0.1) is 44.3 Å². The predicted molar refractivity (Wildman–Crippen MR) is 108 cm³/mol. The van der Waals surface area contributed by atoms with Crippen molar-refractivity contribution in [2.24, 2.45) is 0 Å². The molecular weight excluding hydrogens is 390 g/mol. The molecule has 1 aliphatic rings. The molecule has 3 heterocycles. The highest BCUT2D eigenvalue weighted by Gasteiger charge is 2.24. The topological polar surface area (TPSA) is 101 Å². The monoisotopic (exact) mass is 411 g/mol. The summed E-state index contributed by atoms with van der Waals surface area (Å²) in [6.45, 7) is 0.175. The van der Waals surface area contributed by atoms with Crippen LogP contribution in [0.4, 0.5) is 0 Å². The van der Waals surface area contributed by atoms with Gasteiger partial charge < -0.3 is 18.9 Å². The number of methoxy groups -OCH3 is 3. The Hall–Kier alpha value is -3.59. The van der Waals surface area contributed by atoms with Crippen LogP contribution in [0.5, 0.6) is 23.1 Å². The summed E-state index contributed by atoms with van der Waals surface area (Å²) in [5.41, 5.74) is 4.41. The van der Waals surface area contributed by atoms with Gasteiger partial charge >= 0.3 is 0 Å². The number of hydrogen-bond acceptors (Lipinski definition) is 8. The Bertz CT molecular complexity index is 1060. The van der Waals surface area contributed by atoms with Gasteiger partial charge in [-0.2, -0.15) is 0 Å². The van der Waals surface area contributed by atoms with Crippen molar-refractivity contribution in [1.29, 1.82) is 0 Å². The maximum atomic E-state index is 11.3. The highest BCUT2D eigenvalue weighted by atomic mass is 16.7. The second-order valence-electron chi connectivity index (χ2n) is 6.58. The number of amides is 1. The molecule has 1 saturated heterocycles. The van der Waals surface area contributed by atoms with Crippen LogP contribution in [0, 0.1) is 0 Å². The molecule has 2 aromatic heterocycles. The van der Waals surface area contributed by atoms with E-state index in [-0.39, 0.29) is 25.0 Å². The van der Waals surface area contributed by atoms with Gasteiger partial charge in [0.2, 0.25) is 17.5 Å². The zero-order valence-corrected chi connectivity index (χ0v) is 16.8. The smallest absolute Gasteiger partial charge is 0.246 e. The van der Waals surface area contributed by atoms with Gasteiger partial charge in [-0.25, -0.2) is 10.5 Å². The first-order valence-electron chi connectivity index (χ1n) is 9.26. The third-order valence-corrected chi connectivity index (χ3v) is 4.68. The number of ether oxygens (including phenoxy) is 4. The molecule has 4 rings (SSSR count). The van der Waals surface area contributed by atoms with Crippen LogP contribution in [0.25, 0.3) is 22.2 Å². The molecule has 0 saturated carbocycles. The minimum absolute atomic E-state index is 0.172. The molecule has 3 aromatic rings. The van der Waals surface area contributed by atoms with Crippen molar-refractivity contribution in [1.82, 2.24) is 15.4 Å². The van der Waals surface area contributed by atoms with Crippen molar-refractivity contribution in [2.45, 2.75) is 12.5 Å². The summed E-state index contributed by atoms with van der Waals surface area (Å²) in [4.78, 5) is 25.6. The van der Waals surface area contributed by atoms with Crippen molar-refractivity contribution in [2.75, 3.05) is 27.9 Å². The van der Waals surface area contributed by atoms with E-state index in [0.29, 0.717) is 34.3 Å². The fourth-order valence-corrected chi connectivity index (χ4v) is 3.24. The van der Waals surface area contributed by atoms with E-state index in [9.17, 15) is 4.79 Å². The molecule has 1 fully saturated rings. The minimum Gasteiger partial charge on any atom is -0.493 e. The van der Waals surface area contributed by atoms with Crippen LogP contribution >= 0.6 is 0 Å². The third kappa shape index (κ3) is 3.79. The van der Waals surface area contributed by atoms with Crippen molar-refractivity contribution >= 4 is 16.8 Å². The molecule has 0 spiro atoms. The number of carbonyl (C=O) groups is 1. The summed E-state index contributed by atoms with van der Waals surface area (Å²) in [5, 5.41) is 0.756. The number of hydroxylamine groups is 1. The number of pyridine rings is 2. The summed E-state index contributed by atoms with van der Waals surface area (Å²) in [5.74, 6) is 1.75. The maximum absolute atomic E-state index is 11.3. The van der Waals surface area contributed by atoms with E-state index in [2.05, 4.69) is 15.4 Å². The molecule has 9 nitrogen and oxygen atoms in total. The lowest BCUT2D eigenvalue weighted by Gasteiger charge is -2.15. The SMILES string of the molecule is COc1cc(-c2cc3ncccc3c(OC[C@H]3CC(=O)NO3)n2)cc(OC)c1OC. The second-order valence-corrected chi connectivity index (χ2v) is 6.58. The quantitative estimate of drug-likeness (QED) is 0.633. The van der Waals surface area contributed by atoms with Gasteiger partial charge in [-0.1, -0.05) is 0 Å². The Morgan fingerprint density at radius 1 is 1.13 bits per heavy atom. The first-order valence-corrected chi connectivity index (χ1v) is 9.26. The highest BCUT2D eigenvalue weighted by molar-refractivity contribution is 5.87. The second kappa shape index (κ2) is 8.42. The molecule has 1 N–H and O–H groups in total. The van der Waals surface area contributed by atoms with Crippen LogP contribution in [-0.4, -0.2) is 49.9 Å². The van der Waals surface area contributed by atoms with Crippen molar-refractivity contribution in [3.8, 4) is 34.4 Å². The number of carbonyl (C=O) groups excluding carboxylic acids is 1. The number of benzene rings is 1. The number of rotatable bonds is 7. The summed E-state index contributed by atoms with van der Waals surface area (Å²) in [7, 11) is 4.67. The molecule has 0 radical (unpaired) electrons. The van der Waals surface area contributed by atoms with Crippen LogP contribution < -0.4 is 24.4 Å². The lowest BCUT2D eigenvalue weighted by Crippen LogP contribution is -2.19. The van der Waals surface area contributed by atoms with E-state index in [1.807, 2.05) is 30.3 Å². The summed E-state index contributed by atoms with van der Waals surface area (Å²) < 4.78 is 22.2. The number of nitrogens with zero attached hydrogens (tertiary/aromatic N) is 2. The first-order chi connectivity index (χ1) is 14.6. The summed E-state index contributed by atoms with van der Waals surface area (Å²) in [6.07, 6.45) is 1.56. The molecular formula is C21H21N3O6. The first kappa shape index (κ1) is 19.7. The number of fused-ring (bicyclic) bond motifs is 1. The highest BCUT2D eigenvalue weighted by Crippen LogP contribution is 2.41. The lowest BCUT2D eigenvalue weighted by molar-refractivity contribution is -0.124. The Kier molecular flexibility index (Phi) is 5.53. The van der Waals surface area contributed by atoms with E-state index < -0.39 is 0 Å². The van der Waals surface area contributed by atoms with Crippen LogP contribution in [0.3, 0.4) is 0 Å². The molecule has 1 amide bonds. The fraction of sp³-hybridized carbons (Fsp3) is 0.286. The average Bonchev–Trinajstić information content (AvgIpc) is 3.21. The van der Waals surface area contributed by atoms with Crippen LogP contribution in [-0.2, 0) is 9.63 Å². The Morgan fingerprint density at radius 3 is 2.53 bits per heavy atom. The van der Waals surface area contributed by atoms with E-state index in [1.165, 1.54) is 0 Å². The largest absolute Gasteiger partial charge is 0.493 e. The summed E-state index contributed by atoms with van der Waals surface area (Å²) in [6, 6.07) is 9.17. The number of hydrogen-bond donors (Lipinski definition) is 1. The Morgan fingerprint density at radius 2 is 1.90 bits per heavy atom. The maximum Gasteiger partial charge on any atom is 0.246 e. The van der Waals surface area contributed by atoms with E-state index in [0.717, 1.165) is 10.9 Å². The van der Waals surface area contributed by atoms with E-state index in [1.54, 1.807) is 27.5 Å². The van der Waals surface area contributed by atoms with Crippen LogP contribution in [0.2, 0.25) is 0 Å². The molecule has 1 atom stereocenters. The van der Waals surface area contributed by atoms with Gasteiger partial charge in [0, 0.05) is 11.8 Å². The van der Waals surface area contributed by atoms with Crippen molar-refractivity contribution in [3.05, 3.63) is 36.5 Å². The molecule has 30 heavy (non-hydrogen) atoms. The van der Waals surface area contributed by atoms with Crippen LogP contribution in [0.15, 0.2) is 36.5 Å². The summed E-state index contributed by atoms with van der Waals surface area (Å²) >= 11 is 0. The van der Waals surface area contributed by atoms with E-state index in [4.69, 9.17) is 23.8 Å². The molecule has 9 heteroatoms. The minimum atomic E-state index is -0.379. The van der Waals surface area contributed by atoms with Gasteiger partial charge in [0.15, 0.2) is 11.5 Å². The van der Waals surface area contributed by atoms with Crippen LogP contribution in [0.1, 0.15) is 6.42 Å². The zero-order chi connectivity index (χ0) is 21.1. The third-order valence-electron chi connectivity index (χ3n) is 4.68. The molecule has 0 bridgehead atoms. The van der Waals surface area contributed by atoms with Gasteiger partial charge in [-0.15, -0.1) is 0 Å². The van der Waals surface area contributed by atoms with Gasteiger partial charge in [0.25, 0.3) is 0 Å². The lowest BCUT2D eigenvalue weighted by atomic mass is 10.1. The fourth-order valence-electron chi connectivity index (χ4n) is 3.24. The zero-order valence-electron chi connectivity index (χ0n) is 16.8. The molecule has 1 aliphatic heterocycles. The Labute approximate surface area is 172 Å². The van der Waals surface area contributed by atoms with E-state index >= 15 is 0 Å². The molecule has 156 valence electrons. The Balaban J connectivity index is 1.75. The van der Waals surface area contributed by atoms with Crippen molar-refractivity contribution in [3.63, 3.8) is 0 Å². The van der Waals surface area contributed by atoms with Gasteiger partial charge in [0.1, 0.15) is 12.7 Å². The molecule has 1 aromatic carbocycles. The van der Waals surface area contributed by atoms with Crippen molar-refractivity contribution < 1.29 is 28.6 Å². The molecule has 0 unspecified atom stereocenters.